The van der Waals surface area contributed by atoms with E-state index in [1.54, 1.807) is 0 Å². The topological polar surface area (TPSA) is 6.48 Å². The molecule has 0 aliphatic carbocycles. The van der Waals surface area contributed by atoms with Crippen LogP contribution in [0.2, 0.25) is 0 Å². The van der Waals surface area contributed by atoms with Crippen LogP contribution in [0.15, 0.2) is 72.8 Å². The minimum atomic E-state index is 0.158. The highest BCUT2D eigenvalue weighted by Gasteiger charge is 2.45. The lowest BCUT2D eigenvalue weighted by Gasteiger charge is -2.45. The molecule has 3 heteroatoms. The maximum absolute atomic E-state index is 2.55. The van der Waals surface area contributed by atoms with Gasteiger partial charge in [-0.05, 0) is 166 Å². The fourth-order valence-corrected chi connectivity index (χ4v) is 7.87. The molecule has 42 heavy (non-hydrogen) atoms. The first kappa shape index (κ1) is 26.7. The van der Waals surface area contributed by atoms with Crippen LogP contribution in [0, 0.1) is 62.3 Å². The van der Waals surface area contributed by atoms with Gasteiger partial charge in [0.1, 0.15) is 0 Å². The van der Waals surface area contributed by atoms with Crippen molar-refractivity contribution in [3.8, 4) is 0 Å². The third kappa shape index (κ3) is 4.01. The molecule has 0 fully saturated rings. The Labute approximate surface area is 251 Å². The molecule has 0 N–H and O–H groups in total. The van der Waals surface area contributed by atoms with Crippen molar-refractivity contribution in [1.29, 1.82) is 0 Å². The number of aryl methyl sites for hydroxylation is 9. The van der Waals surface area contributed by atoms with Crippen LogP contribution >= 0.6 is 0 Å². The van der Waals surface area contributed by atoms with E-state index in [2.05, 4.69) is 145 Å². The van der Waals surface area contributed by atoms with Crippen molar-refractivity contribution in [2.75, 3.05) is 9.80 Å². The Kier molecular flexibility index (Phi) is 5.96. The standard InChI is InChI=1S/C39H39BN2/c1-22-10-23(2)15-31(14-22)41-33-18-26(5)12-29(8)37(33)40-38-30(9)13-27(6)19-34(38)42(32-16-24(3)11-25(4)17-32)36-21-28(7)20-35(41)39(36)40/h10-21H,1-9H3. The summed E-state index contributed by atoms with van der Waals surface area (Å²) >= 11 is 0. The van der Waals surface area contributed by atoms with Gasteiger partial charge in [0, 0.05) is 34.1 Å². The van der Waals surface area contributed by atoms with E-state index >= 15 is 0 Å². The van der Waals surface area contributed by atoms with E-state index in [1.807, 2.05) is 0 Å². The summed E-state index contributed by atoms with van der Waals surface area (Å²) in [6, 6.07) is 28.3. The Morgan fingerprint density at radius 2 is 0.619 bits per heavy atom. The van der Waals surface area contributed by atoms with Gasteiger partial charge in [-0.1, -0.05) is 35.4 Å². The first-order valence-electron chi connectivity index (χ1n) is 15.1. The van der Waals surface area contributed by atoms with Crippen LogP contribution < -0.4 is 26.2 Å². The van der Waals surface area contributed by atoms with Gasteiger partial charge >= 0.3 is 0 Å². The Hall–Kier alpha value is -4.24. The van der Waals surface area contributed by atoms with E-state index in [9.17, 15) is 0 Å². The average molecular weight is 547 g/mol. The summed E-state index contributed by atoms with van der Waals surface area (Å²) < 4.78 is 0. The van der Waals surface area contributed by atoms with Gasteiger partial charge in [0.05, 0.1) is 0 Å². The fraction of sp³-hybridized carbons (Fsp3) is 0.231. The van der Waals surface area contributed by atoms with E-state index in [0.717, 1.165) is 0 Å². The fourth-order valence-electron chi connectivity index (χ4n) is 7.87. The van der Waals surface area contributed by atoms with Crippen molar-refractivity contribution in [1.82, 2.24) is 0 Å². The molecule has 0 atom stereocenters. The highest BCUT2D eigenvalue weighted by atomic mass is 15.2. The van der Waals surface area contributed by atoms with Crippen LogP contribution in [0.1, 0.15) is 50.1 Å². The van der Waals surface area contributed by atoms with Gasteiger partial charge in [-0.3, -0.25) is 0 Å². The van der Waals surface area contributed by atoms with Crippen molar-refractivity contribution in [2.24, 2.45) is 0 Å². The van der Waals surface area contributed by atoms with Gasteiger partial charge < -0.3 is 9.80 Å². The molecule has 0 aromatic heterocycles. The van der Waals surface area contributed by atoms with Crippen molar-refractivity contribution >= 4 is 57.2 Å². The predicted molar refractivity (Wildman–Crippen MR) is 183 cm³/mol. The number of rotatable bonds is 2. The Morgan fingerprint density at radius 3 is 0.976 bits per heavy atom. The first-order chi connectivity index (χ1) is 20.0. The van der Waals surface area contributed by atoms with Crippen LogP contribution in [0.25, 0.3) is 0 Å². The molecule has 208 valence electrons. The second-order valence-electron chi connectivity index (χ2n) is 13.0. The molecule has 0 spiro atoms. The van der Waals surface area contributed by atoms with Crippen molar-refractivity contribution in [2.45, 2.75) is 62.3 Å². The summed E-state index contributed by atoms with van der Waals surface area (Å²) in [4.78, 5) is 5.09. The molecule has 2 nitrogen and oxygen atoms in total. The molecule has 5 aromatic rings. The lowest BCUT2D eigenvalue weighted by Crippen LogP contribution is -2.62. The lowest BCUT2D eigenvalue weighted by atomic mass is 9.32. The third-order valence-corrected chi connectivity index (χ3v) is 9.06. The maximum Gasteiger partial charge on any atom is 0.252 e. The highest BCUT2D eigenvalue weighted by molar-refractivity contribution is 7.00. The molecule has 0 bridgehead atoms. The Balaban J connectivity index is 1.66. The molecule has 2 aliphatic rings. The van der Waals surface area contributed by atoms with E-state index in [-0.39, 0.29) is 6.71 Å². The van der Waals surface area contributed by atoms with Gasteiger partial charge in [-0.2, -0.15) is 0 Å². The molecule has 0 saturated heterocycles. The number of benzene rings is 5. The molecule has 5 aromatic carbocycles. The summed E-state index contributed by atoms with van der Waals surface area (Å²) in [5.41, 5.74) is 23.6. The highest BCUT2D eigenvalue weighted by Crippen LogP contribution is 2.46. The van der Waals surface area contributed by atoms with E-state index < -0.39 is 0 Å². The van der Waals surface area contributed by atoms with Gasteiger partial charge in [0.2, 0.25) is 0 Å². The smallest absolute Gasteiger partial charge is 0.252 e. The van der Waals surface area contributed by atoms with Crippen LogP contribution in [0.5, 0.6) is 0 Å². The first-order valence-corrected chi connectivity index (χ1v) is 15.1. The SMILES string of the molecule is Cc1cc(C)cc(N2c3cc(C)cc(C)c3B3c4c(C)cc(C)cc4N(c4cc(C)cc(C)c4)c4cc(C)cc2c43)c1. The van der Waals surface area contributed by atoms with Gasteiger partial charge in [0.15, 0.2) is 0 Å². The summed E-state index contributed by atoms with van der Waals surface area (Å²) in [7, 11) is 0. The minimum absolute atomic E-state index is 0.158. The molecule has 0 amide bonds. The molecule has 7 rings (SSSR count). The van der Waals surface area contributed by atoms with E-state index in [1.165, 1.54) is 101 Å². The number of nitrogens with zero attached hydrogens (tertiary/aromatic N) is 2. The normalized spacial score (nSPS) is 13.2. The van der Waals surface area contributed by atoms with E-state index in [4.69, 9.17) is 0 Å². The molecular weight excluding hydrogens is 507 g/mol. The van der Waals surface area contributed by atoms with Crippen LogP contribution in [-0.2, 0) is 0 Å². The Morgan fingerprint density at radius 1 is 0.333 bits per heavy atom. The summed E-state index contributed by atoms with van der Waals surface area (Å²) in [6.07, 6.45) is 0. The summed E-state index contributed by atoms with van der Waals surface area (Å²) in [5.74, 6) is 0. The monoisotopic (exact) mass is 546 g/mol. The van der Waals surface area contributed by atoms with E-state index in [0.29, 0.717) is 0 Å². The van der Waals surface area contributed by atoms with Gasteiger partial charge in [-0.25, -0.2) is 0 Å². The zero-order valence-corrected chi connectivity index (χ0v) is 26.4. The third-order valence-electron chi connectivity index (χ3n) is 9.06. The van der Waals surface area contributed by atoms with Crippen LogP contribution in [0.4, 0.5) is 34.1 Å². The molecule has 2 aliphatic heterocycles. The lowest BCUT2D eigenvalue weighted by molar-refractivity contribution is 1.20. The average Bonchev–Trinajstić information content (AvgIpc) is 2.86. The molecule has 2 heterocycles. The molecule has 0 saturated carbocycles. The van der Waals surface area contributed by atoms with Gasteiger partial charge in [0.25, 0.3) is 6.71 Å². The molecule has 0 radical (unpaired) electrons. The second-order valence-corrected chi connectivity index (χ2v) is 13.0. The van der Waals surface area contributed by atoms with Gasteiger partial charge in [-0.15, -0.1) is 0 Å². The maximum atomic E-state index is 2.55. The molecule has 0 unspecified atom stereocenters. The summed E-state index contributed by atoms with van der Waals surface area (Å²) in [5, 5.41) is 0. The predicted octanol–water partition coefficient (Wildman–Crippen LogP) is 8.54. The number of hydrogen-bond acceptors (Lipinski definition) is 2. The van der Waals surface area contributed by atoms with Crippen molar-refractivity contribution in [3.63, 3.8) is 0 Å². The molecular formula is C39H39BN2. The zero-order valence-electron chi connectivity index (χ0n) is 26.4. The second kappa shape index (κ2) is 9.39. The largest absolute Gasteiger partial charge is 0.311 e. The minimum Gasteiger partial charge on any atom is -0.311 e. The van der Waals surface area contributed by atoms with Crippen LogP contribution in [0.3, 0.4) is 0 Å². The van der Waals surface area contributed by atoms with Crippen molar-refractivity contribution < 1.29 is 0 Å². The Bertz CT molecular complexity index is 1770. The number of hydrogen-bond donors (Lipinski definition) is 0. The number of anilines is 6. The quantitative estimate of drug-likeness (QED) is 0.201. The zero-order chi connectivity index (χ0) is 29.6. The summed E-state index contributed by atoms with van der Waals surface area (Å²) in [6.45, 7) is 20.3. The number of fused-ring (bicyclic) bond motifs is 4. The van der Waals surface area contributed by atoms with Crippen molar-refractivity contribution in [3.05, 3.63) is 123 Å². The van der Waals surface area contributed by atoms with Crippen LogP contribution in [-0.4, -0.2) is 6.71 Å².